The normalized spacial score (nSPS) is 9.20. The third-order valence-corrected chi connectivity index (χ3v) is 1.62. The molecule has 15 heavy (non-hydrogen) atoms. The monoisotopic (exact) mass is 206 g/mol. The Hall–Kier alpha value is -1.78. The summed E-state index contributed by atoms with van der Waals surface area (Å²) in [5, 5.41) is 0. The molecule has 1 aromatic rings. The van der Waals surface area contributed by atoms with Gasteiger partial charge in [-0.15, -0.1) is 0 Å². The van der Waals surface area contributed by atoms with Crippen LogP contribution in [0.2, 0.25) is 0 Å². The molecule has 0 N–H and O–H groups in total. The van der Waals surface area contributed by atoms with Crippen molar-refractivity contribution in [3.8, 4) is 0 Å². The van der Waals surface area contributed by atoms with E-state index in [1.807, 2.05) is 6.07 Å². The summed E-state index contributed by atoms with van der Waals surface area (Å²) in [7, 11) is -0.957. The first kappa shape index (κ1) is 11.3. The molecule has 4 nitrogen and oxygen atoms in total. The van der Waals surface area contributed by atoms with E-state index in [2.05, 4.69) is 0 Å². The zero-order chi connectivity index (χ0) is 11.3. The third-order valence-electron chi connectivity index (χ3n) is 1.62. The van der Waals surface area contributed by atoms with Crippen molar-refractivity contribution in [2.45, 2.75) is 13.8 Å². The van der Waals surface area contributed by atoms with Crippen LogP contribution in [-0.2, 0) is 18.9 Å². The molecule has 0 aromatic heterocycles. The van der Waals surface area contributed by atoms with Gasteiger partial charge in [0.05, 0.1) is 0 Å². The lowest BCUT2D eigenvalue weighted by Crippen LogP contribution is -2.39. The van der Waals surface area contributed by atoms with Gasteiger partial charge >= 0.3 is 7.12 Å². The van der Waals surface area contributed by atoms with Crippen molar-refractivity contribution >= 4 is 24.5 Å². The van der Waals surface area contributed by atoms with E-state index in [-0.39, 0.29) is 0 Å². The van der Waals surface area contributed by atoms with Crippen molar-refractivity contribution in [2.24, 2.45) is 0 Å². The molecule has 0 unspecified atom stereocenters. The molecule has 0 fully saturated rings. The van der Waals surface area contributed by atoms with Crippen molar-refractivity contribution in [1.82, 2.24) is 0 Å². The first-order chi connectivity index (χ1) is 7.09. The number of hydrogen-bond donors (Lipinski definition) is 0. The Kier molecular flexibility index (Phi) is 3.91. The van der Waals surface area contributed by atoms with E-state index in [1.165, 1.54) is 13.8 Å². The highest BCUT2D eigenvalue weighted by molar-refractivity contribution is 6.64. The zero-order valence-corrected chi connectivity index (χ0v) is 8.60. The van der Waals surface area contributed by atoms with E-state index >= 15 is 0 Å². The summed E-state index contributed by atoms with van der Waals surface area (Å²) in [6.07, 6.45) is 0. The predicted molar refractivity (Wildman–Crippen MR) is 55.4 cm³/mol. The van der Waals surface area contributed by atoms with Crippen LogP contribution in [0.15, 0.2) is 30.3 Å². The van der Waals surface area contributed by atoms with Crippen LogP contribution in [0, 0.1) is 0 Å². The van der Waals surface area contributed by atoms with Crippen molar-refractivity contribution in [1.29, 1.82) is 0 Å². The number of hydrogen-bond acceptors (Lipinski definition) is 4. The van der Waals surface area contributed by atoms with E-state index in [1.54, 1.807) is 24.3 Å². The van der Waals surface area contributed by atoms with Crippen LogP contribution >= 0.6 is 0 Å². The van der Waals surface area contributed by atoms with Crippen molar-refractivity contribution in [2.75, 3.05) is 0 Å². The van der Waals surface area contributed by atoms with Gasteiger partial charge in [-0.1, -0.05) is 30.3 Å². The highest BCUT2D eigenvalue weighted by Crippen LogP contribution is 1.94. The van der Waals surface area contributed by atoms with Gasteiger partial charge in [-0.2, -0.15) is 0 Å². The van der Waals surface area contributed by atoms with E-state index in [0.29, 0.717) is 5.46 Å². The average Bonchev–Trinajstić information content (AvgIpc) is 2.17. The molecular weight excluding hydrogens is 195 g/mol. The molecule has 0 bridgehead atoms. The van der Waals surface area contributed by atoms with Crippen LogP contribution < -0.4 is 5.46 Å². The summed E-state index contributed by atoms with van der Waals surface area (Å²) in [6, 6.07) is 8.81. The van der Waals surface area contributed by atoms with Crippen LogP contribution in [-0.4, -0.2) is 19.1 Å². The standard InChI is InChI=1S/C10H11BO4/c1-8(12)14-11(15-9(2)13)10-6-4-3-5-7-10/h3-7H,1-2H3. The van der Waals surface area contributed by atoms with E-state index in [0.717, 1.165) is 0 Å². The van der Waals surface area contributed by atoms with Crippen LogP contribution in [0.4, 0.5) is 0 Å². The van der Waals surface area contributed by atoms with Crippen molar-refractivity contribution in [3.63, 3.8) is 0 Å². The molecular formula is C10H11BO4. The third kappa shape index (κ3) is 3.85. The lowest BCUT2D eigenvalue weighted by Gasteiger charge is -2.11. The van der Waals surface area contributed by atoms with Crippen LogP contribution in [0.25, 0.3) is 0 Å². The molecule has 0 spiro atoms. The van der Waals surface area contributed by atoms with E-state index in [4.69, 9.17) is 9.31 Å². The smallest absolute Gasteiger partial charge is 0.495 e. The first-order valence-electron chi connectivity index (χ1n) is 4.49. The quantitative estimate of drug-likeness (QED) is 0.676. The van der Waals surface area contributed by atoms with Gasteiger partial charge in [-0.25, -0.2) is 0 Å². The number of benzene rings is 1. The Bertz CT molecular complexity index is 334. The fourth-order valence-electron chi connectivity index (χ4n) is 1.07. The molecule has 0 saturated heterocycles. The summed E-state index contributed by atoms with van der Waals surface area (Å²) < 4.78 is 9.73. The predicted octanol–water partition coefficient (Wildman–Crippen LogP) is 0.508. The average molecular weight is 206 g/mol. The molecule has 0 radical (unpaired) electrons. The Morgan fingerprint density at radius 2 is 1.47 bits per heavy atom. The van der Waals surface area contributed by atoms with Crippen LogP contribution in [0.5, 0.6) is 0 Å². The van der Waals surface area contributed by atoms with Crippen molar-refractivity contribution < 1.29 is 18.9 Å². The molecule has 0 amide bonds. The molecule has 1 aromatic carbocycles. The molecule has 0 saturated carbocycles. The Morgan fingerprint density at radius 1 is 1.00 bits per heavy atom. The topological polar surface area (TPSA) is 52.6 Å². The second-order valence-electron chi connectivity index (χ2n) is 2.96. The maximum atomic E-state index is 10.8. The SMILES string of the molecule is CC(=O)OB(OC(C)=O)c1ccccc1. The zero-order valence-electron chi connectivity index (χ0n) is 8.60. The summed E-state index contributed by atoms with van der Waals surface area (Å²) in [4.78, 5) is 21.6. The van der Waals surface area contributed by atoms with Gasteiger partial charge in [0.15, 0.2) is 0 Å². The molecule has 0 aliphatic carbocycles. The minimum Gasteiger partial charge on any atom is -0.495 e. The van der Waals surface area contributed by atoms with Gasteiger partial charge in [0.25, 0.3) is 11.9 Å². The maximum Gasteiger partial charge on any atom is 0.636 e. The Balaban J connectivity index is 2.81. The van der Waals surface area contributed by atoms with Crippen LogP contribution in [0.1, 0.15) is 13.8 Å². The Morgan fingerprint density at radius 3 is 1.87 bits per heavy atom. The largest absolute Gasteiger partial charge is 0.636 e. The fraction of sp³-hybridized carbons (Fsp3) is 0.200. The van der Waals surface area contributed by atoms with Gasteiger partial charge in [-0.05, 0) is 0 Å². The van der Waals surface area contributed by atoms with Crippen molar-refractivity contribution in [3.05, 3.63) is 30.3 Å². The van der Waals surface area contributed by atoms with Gasteiger partial charge in [0.2, 0.25) is 0 Å². The summed E-state index contributed by atoms with van der Waals surface area (Å²) in [5.41, 5.74) is 0.628. The highest BCUT2D eigenvalue weighted by Gasteiger charge is 2.27. The summed E-state index contributed by atoms with van der Waals surface area (Å²) in [6.45, 7) is 2.53. The molecule has 0 atom stereocenters. The summed E-state index contributed by atoms with van der Waals surface area (Å²) >= 11 is 0. The first-order valence-corrected chi connectivity index (χ1v) is 4.49. The lowest BCUT2D eigenvalue weighted by molar-refractivity contribution is -0.137. The summed E-state index contributed by atoms with van der Waals surface area (Å²) in [5.74, 6) is -0.991. The maximum absolute atomic E-state index is 10.8. The molecule has 5 heteroatoms. The van der Waals surface area contributed by atoms with E-state index < -0.39 is 19.1 Å². The molecule has 0 aliphatic heterocycles. The Labute approximate surface area is 88.3 Å². The molecule has 1 rings (SSSR count). The molecule has 0 heterocycles. The number of rotatable bonds is 3. The van der Waals surface area contributed by atoms with Gasteiger partial charge in [0.1, 0.15) is 0 Å². The highest BCUT2D eigenvalue weighted by atomic mass is 16.6. The molecule has 78 valence electrons. The van der Waals surface area contributed by atoms with Gasteiger partial charge in [0, 0.05) is 19.3 Å². The lowest BCUT2D eigenvalue weighted by atomic mass is 9.79. The number of carbonyl (C=O) groups is 2. The van der Waals surface area contributed by atoms with Crippen LogP contribution in [0.3, 0.4) is 0 Å². The minimum atomic E-state index is -0.957. The van der Waals surface area contributed by atoms with E-state index in [9.17, 15) is 9.59 Å². The molecule has 0 aliphatic rings. The minimum absolute atomic E-state index is 0.495. The van der Waals surface area contributed by atoms with Gasteiger partial charge in [-0.3, -0.25) is 9.59 Å². The number of carbonyl (C=O) groups excluding carboxylic acids is 2. The fourth-order valence-corrected chi connectivity index (χ4v) is 1.07. The second kappa shape index (κ2) is 5.19. The second-order valence-corrected chi connectivity index (χ2v) is 2.96. The van der Waals surface area contributed by atoms with Gasteiger partial charge < -0.3 is 9.31 Å².